The Hall–Kier alpha value is -1.16. The lowest BCUT2D eigenvalue weighted by atomic mass is 10.0. The number of nitrogens with two attached hydrogens (primary N) is 1. The van der Waals surface area contributed by atoms with Crippen molar-refractivity contribution in [2.24, 2.45) is 5.92 Å². The van der Waals surface area contributed by atoms with Gasteiger partial charge >= 0.3 is 0 Å². The summed E-state index contributed by atoms with van der Waals surface area (Å²) in [5.74, 6) is 1.27. The average Bonchev–Trinajstić information content (AvgIpc) is 2.40. The Morgan fingerprint density at radius 2 is 2.00 bits per heavy atom. The summed E-state index contributed by atoms with van der Waals surface area (Å²) >= 11 is 1.55. The molecule has 1 amide bonds. The van der Waals surface area contributed by atoms with Crippen molar-refractivity contribution in [2.45, 2.75) is 57.9 Å². The summed E-state index contributed by atoms with van der Waals surface area (Å²) in [6, 6.07) is 6.07. The van der Waals surface area contributed by atoms with Gasteiger partial charge < -0.3 is 11.1 Å². The van der Waals surface area contributed by atoms with Crippen molar-refractivity contribution in [3.05, 3.63) is 23.8 Å². The molecule has 1 unspecified atom stereocenters. The number of hydrogen-bond donors (Lipinski definition) is 2. The smallest absolute Gasteiger partial charge is 0.230 e. The van der Waals surface area contributed by atoms with Crippen molar-refractivity contribution >= 4 is 23.4 Å². The molecule has 21 heavy (non-hydrogen) atoms. The molecule has 0 aromatic heterocycles. The first-order valence-corrected chi connectivity index (χ1v) is 8.66. The van der Waals surface area contributed by atoms with Crippen LogP contribution in [0.2, 0.25) is 0 Å². The fourth-order valence-electron chi connectivity index (χ4n) is 2.15. The Bertz CT molecular complexity index is 460. The van der Waals surface area contributed by atoms with Crippen LogP contribution in [0, 0.1) is 12.8 Å². The standard InChI is InChI=1S/C17H28N2OS/c1-12(2)7-5-8-13(3)19-17(20)11-21-16-10-6-9-15(18)14(16)4/h6,9-10,12-13H,5,7-8,11,18H2,1-4H3,(H,19,20). The molecule has 1 rings (SSSR count). The van der Waals surface area contributed by atoms with Gasteiger partial charge in [0.25, 0.3) is 0 Å². The molecule has 1 aromatic rings. The number of carbonyl (C=O) groups excluding carboxylic acids is 1. The Morgan fingerprint density at radius 1 is 1.29 bits per heavy atom. The average molecular weight is 308 g/mol. The van der Waals surface area contributed by atoms with Gasteiger partial charge in [-0.25, -0.2) is 0 Å². The topological polar surface area (TPSA) is 55.1 Å². The van der Waals surface area contributed by atoms with Gasteiger partial charge in [-0.2, -0.15) is 0 Å². The van der Waals surface area contributed by atoms with Gasteiger partial charge in [0.15, 0.2) is 0 Å². The molecule has 0 saturated heterocycles. The van der Waals surface area contributed by atoms with E-state index < -0.39 is 0 Å². The minimum absolute atomic E-state index is 0.0962. The molecule has 0 aliphatic rings. The molecule has 0 spiro atoms. The molecule has 118 valence electrons. The minimum atomic E-state index is 0.0962. The van der Waals surface area contributed by atoms with Crippen molar-refractivity contribution < 1.29 is 4.79 Å². The lowest BCUT2D eigenvalue weighted by molar-refractivity contribution is -0.119. The highest BCUT2D eigenvalue weighted by Crippen LogP contribution is 2.25. The van der Waals surface area contributed by atoms with E-state index in [9.17, 15) is 4.79 Å². The van der Waals surface area contributed by atoms with E-state index in [0.717, 1.165) is 28.5 Å². The quantitative estimate of drug-likeness (QED) is 0.564. The first kappa shape index (κ1) is 17.9. The zero-order valence-electron chi connectivity index (χ0n) is 13.6. The molecule has 1 atom stereocenters. The van der Waals surface area contributed by atoms with E-state index in [0.29, 0.717) is 5.75 Å². The van der Waals surface area contributed by atoms with Crippen molar-refractivity contribution in [2.75, 3.05) is 11.5 Å². The first-order valence-electron chi connectivity index (χ1n) is 7.67. The fourth-order valence-corrected chi connectivity index (χ4v) is 3.03. The highest BCUT2D eigenvalue weighted by molar-refractivity contribution is 8.00. The van der Waals surface area contributed by atoms with Gasteiger partial charge in [-0.05, 0) is 43.9 Å². The Kier molecular flexibility index (Phi) is 7.65. The van der Waals surface area contributed by atoms with Gasteiger partial charge in [0.05, 0.1) is 5.75 Å². The number of rotatable bonds is 8. The number of nitrogens with one attached hydrogen (secondary N) is 1. The van der Waals surface area contributed by atoms with E-state index >= 15 is 0 Å². The predicted octanol–water partition coefficient (Wildman–Crippen LogP) is 4.00. The van der Waals surface area contributed by atoms with E-state index in [1.54, 1.807) is 11.8 Å². The molecule has 3 nitrogen and oxygen atoms in total. The maximum atomic E-state index is 12.0. The Labute approximate surface area is 133 Å². The zero-order chi connectivity index (χ0) is 15.8. The monoisotopic (exact) mass is 308 g/mol. The molecule has 1 aromatic carbocycles. The summed E-state index contributed by atoms with van der Waals surface area (Å²) in [6.07, 6.45) is 3.43. The number of anilines is 1. The third-order valence-corrected chi connectivity index (χ3v) is 4.67. The minimum Gasteiger partial charge on any atom is -0.398 e. The van der Waals surface area contributed by atoms with E-state index in [2.05, 4.69) is 26.1 Å². The van der Waals surface area contributed by atoms with Crippen LogP contribution in [0.1, 0.15) is 45.6 Å². The number of thioether (sulfide) groups is 1. The molecule has 0 fully saturated rings. The van der Waals surface area contributed by atoms with Crippen molar-refractivity contribution in [1.29, 1.82) is 0 Å². The lowest BCUT2D eigenvalue weighted by Gasteiger charge is -2.15. The molecule has 0 saturated carbocycles. The second kappa shape index (κ2) is 8.98. The molecule has 0 radical (unpaired) electrons. The molecule has 0 heterocycles. The van der Waals surface area contributed by atoms with Crippen LogP contribution >= 0.6 is 11.8 Å². The first-order chi connectivity index (χ1) is 9.90. The van der Waals surface area contributed by atoms with Gasteiger partial charge in [-0.1, -0.05) is 32.8 Å². The third kappa shape index (κ3) is 6.89. The summed E-state index contributed by atoms with van der Waals surface area (Å²) in [5.41, 5.74) is 7.71. The molecule has 0 aliphatic carbocycles. The molecule has 0 aliphatic heterocycles. The van der Waals surface area contributed by atoms with Crippen LogP contribution < -0.4 is 11.1 Å². The van der Waals surface area contributed by atoms with Gasteiger partial charge in [0.2, 0.25) is 5.91 Å². The maximum absolute atomic E-state index is 12.0. The number of carbonyl (C=O) groups is 1. The summed E-state index contributed by atoms with van der Waals surface area (Å²) in [6.45, 7) is 8.53. The maximum Gasteiger partial charge on any atom is 0.230 e. The van der Waals surface area contributed by atoms with Crippen LogP contribution in [0.15, 0.2) is 23.1 Å². The fraction of sp³-hybridized carbons (Fsp3) is 0.588. The van der Waals surface area contributed by atoms with E-state index in [-0.39, 0.29) is 11.9 Å². The van der Waals surface area contributed by atoms with Crippen LogP contribution in [-0.2, 0) is 4.79 Å². The molecular weight excluding hydrogens is 280 g/mol. The van der Waals surface area contributed by atoms with Crippen LogP contribution in [-0.4, -0.2) is 17.7 Å². The SMILES string of the molecule is Cc1c(N)cccc1SCC(=O)NC(C)CCCC(C)C. The molecule has 4 heteroatoms. The van der Waals surface area contributed by atoms with Gasteiger partial charge in [0, 0.05) is 16.6 Å². The van der Waals surface area contributed by atoms with Crippen LogP contribution in [0.25, 0.3) is 0 Å². The summed E-state index contributed by atoms with van der Waals surface area (Å²) in [4.78, 5) is 13.0. The van der Waals surface area contributed by atoms with Crippen LogP contribution in [0.3, 0.4) is 0 Å². The van der Waals surface area contributed by atoms with Crippen LogP contribution in [0.5, 0.6) is 0 Å². The highest BCUT2D eigenvalue weighted by Gasteiger charge is 2.09. The van der Waals surface area contributed by atoms with E-state index in [4.69, 9.17) is 5.73 Å². The Balaban J connectivity index is 2.32. The number of benzene rings is 1. The third-order valence-electron chi connectivity index (χ3n) is 3.51. The largest absolute Gasteiger partial charge is 0.398 e. The predicted molar refractivity (Wildman–Crippen MR) is 92.6 cm³/mol. The van der Waals surface area contributed by atoms with Crippen molar-refractivity contribution in [1.82, 2.24) is 5.32 Å². The highest BCUT2D eigenvalue weighted by atomic mass is 32.2. The van der Waals surface area contributed by atoms with Crippen molar-refractivity contribution in [3.63, 3.8) is 0 Å². The molecule has 0 bridgehead atoms. The molecular formula is C17H28N2OS. The summed E-state index contributed by atoms with van der Waals surface area (Å²) in [7, 11) is 0. The van der Waals surface area contributed by atoms with Gasteiger partial charge in [0.1, 0.15) is 0 Å². The summed E-state index contributed by atoms with van der Waals surface area (Å²) < 4.78 is 0. The molecule has 3 N–H and O–H groups in total. The van der Waals surface area contributed by atoms with Crippen LogP contribution in [0.4, 0.5) is 5.69 Å². The number of amides is 1. The van der Waals surface area contributed by atoms with Gasteiger partial charge in [-0.15, -0.1) is 11.8 Å². The van der Waals surface area contributed by atoms with Crippen molar-refractivity contribution in [3.8, 4) is 0 Å². The normalized spacial score (nSPS) is 12.4. The van der Waals surface area contributed by atoms with E-state index in [1.165, 1.54) is 12.8 Å². The number of nitrogen functional groups attached to an aromatic ring is 1. The number of hydrogen-bond acceptors (Lipinski definition) is 3. The lowest BCUT2D eigenvalue weighted by Crippen LogP contribution is -2.33. The second-order valence-electron chi connectivity index (χ2n) is 6.05. The van der Waals surface area contributed by atoms with E-state index in [1.807, 2.05) is 25.1 Å². The second-order valence-corrected chi connectivity index (χ2v) is 7.07. The Morgan fingerprint density at radius 3 is 2.67 bits per heavy atom. The zero-order valence-corrected chi connectivity index (χ0v) is 14.4. The summed E-state index contributed by atoms with van der Waals surface area (Å²) in [5, 5.41) is 3.07. The van der Waals surface area contributed by atoms with Gasteiger partial charge in [-0.3, -0.25) is 4.79 Å².